The van der Waals surface area contributed by atoms with E-state index in [4.69, 9.17) is 0 Å². The van der Waals surface area contributed by atoms with Crippen LogP contribution in [0.5, 0.6) is 0 Å². The lowest BCUT2D eigenvalue weighted by Crippen LogP contribution is -2.27. The van der Waals surface area contributed by atoms with Crippen LogP contribution in [-0.4, -0.2) is 49.4 Å². The van der Waals surface area contributed by atoms with Crippen LogP contribution in [0.3, 0.4) is 0 Å². The van der Waals surface area contributed by atoms with Crippen molar-refractivity contribution >= 4 is 12.0 Å². The van der Waals surface area contributed by atoms with Gasteiger partial charge < -0.3 is 9.80 Å². The van der Waals surface area contributed by atoms with Gasteiger partial charge >= 0.3 is 0 Å². The smallest absolute Gasteiger partial charge is 0.222 e. The molecule has 0 bridgehead atoms. The fourth-order valence-corrected chi connectivity index (χ4v) is 2.54. The van der Waals surface area contributed by atoms with Gasteiger partial charge in [0, 0.05) is 33.1 Å². The topological polar surface area (TPSA) is 23.6 Å². The highest BCUT2D eigenvalue weighted by Gasteiger charge is 2.27. The monoisotopic (exact) mass is 276 g/mol. The third kappa shape index (κ3) is 4.17. The third-order valence-corrected chi connectivity index (χ3v) is 3.59. The maximum absolute atomic E-state index is 12.8. The molecular weight excluding hydrogens is 255 g/mol. The van der Waals surface area contributed by atoms with E-state index in [2.05, 4.69) is 18.0 Å². The Morgan fingerprint density at radius 1 is 1.40 bits per heavy atom. The lowest BCUT2D eigenvalue weighted by atomic mass is 10.1. The number of likely N-dealkylation sites (tertiary alicyclic amines) is 1. The summed E-state index contributed by atoms with van der Waals surface area (Å²) in [4.78, 5) is 15.5. The average Bonchev–Trinajstić information content (AvgIpc) is 2.70. The van der Waals surface area contributed by atoms with Gasteiger partial charge in [-0.05, 0) is 30.7 Å². The Kier molecular flexibility index (Phi) is 4.90. The minimum absolute atomic E-state index is 0.214. The van der Waals surface area contributed by atoms with Gasteiger partial charge in [-0.15, -0.1) is 0 Å². The second kappa shape index (κ2) is 6.66. The summed E-state index contributed by atoms with van der Waals surface area (Å²) >= 11 is 0. The van der Waals surface area contributed by atoms with Crippen molar-refractivity contribution < 1.29 is 9.18 Å². The largest absolute Gasteiger partial charge is 0.345 e. The second-order valence-corrected chi connectivity index (χ2v) is 5.52. The molecule has 1 aliphatic rings. The molecule has 0 radical (unpaired) electrons. The van der Waals surface area contributed by atoms with Gasteiger partial charge in [-0.2, -0.15) is 0 Å². The quantitative estimate of drug-likeness (QED) is 0.823. The van der Waals surface area contributed by atoms with Gasteiger partial charge in [-0.1, -0.05) is 24.3 Å². The predicted molar refractivity (Wildman–Crippen MR) is 78.7 cm³/mol. The van der Waals surface area contributed by atoms with Crippen molar-refractivity contribution in [3.63, 3.8) is 0 Å². The number of carbonyl (C=O) groups excluding carboxylic acids is 1. The summed E-state index contributed by atoms with van der Waals surface area (Å²) in [6.07, 6.45) is 4.71. The molecule has 1 fully saturated rings. The van der Waals surface area contributed by atoms with Crippen LogP contribution < -0.4 is 0 Å². The standard InChI is InChI=1S/C16H21FN2O/c1-18(11-14-10-16(20)19(2)12-14)9-3-4-13-5-7-15(17)8-6-13/h3-8,14H,9-12H2,1-2H3/b4-3+. The normalized spacial score (nSPS) is 19.5. The van der Waals surface area contributed by atoms with Crippen LogP contribution in [0.25, 0.3) is 6.08 Å². The first kappa shape index (κ1) is 14.7. The minimum Gasteiger partial charge on any atom is -0.345 e. The number of likely N-dealkylation sites (N-methyl/N-ethyl adjacent to an activating group) is 1. The Morgan fingerprint density at radius 2 is 2.10 bits per heavy atom. The summed E-state index contributed by atoms with van der Waals surface area (Å²) in [5.41, 5.74) is 0.996. The minimum atomic E-state index is -0.214. The van der Waals surface area contributed by atoms with Crippen molar-refractivity contribution in [1.29, 1.82) is 0 Å². The third-order valence-electron chi connectivity index (χ3n) is 3.59. The average molecular weight is 276 g/mol. The number of hydrogen-bond acceptors (Lipinski definition) is 2. The van der Waals surface area contributed by atoms with Crippen LogP contribution in [0.2, 0.25) is 0 Å². The summed E-state index contributed by atoms with van der Waals surface area (Å²) in [7, 11) is 3.91. The molecule has 1 saturated heterocycles. The molecule has 108 valence electrons. The number of benzene rings is 1. The number of nitrogens with zero attached hydrogens (tertiary/aromatic N) is 2. The van der Waals surface area contributed by atoms with Crippen molar-refractivity contribution in [3.05, 3.63) is 41.7 Å². The molecule has 0 saturated carbocycles. The van der Waals surface area contributed by atoms with Gasteiger partial charge in [0.25, 0.3) is 0 Å². The molecule has 1 aromatic rings. The van der Waals surface area contributed by atoms with E-state index in [9.17, 15) is 9.18 Å². The van der Waals surface area contributed by atoms with E-state index < -0.39 is 0 Å². The molecule has 3 nitrogen and oxygen atoms in total. The Labute approximate surface area is 119 Å². The maximum atomic E-state index is 12.8. The highest BCUT2D eigenvalue weighted by molar-refractivity contribution is 5.78. The molecule has 1 aliphatic heterocycles. The number of hydrogen-bond donors (Lipinski definition) is 0. The first-order chi connectivity index (χ1) is 9.54. The van der Waals surface area contributed by atoms with E-state index in [0.29, 0.717) is 12.3 Å². The van der Waals surface area contributed by atoms with Gasteiger partial charge in [0.15, 0.2) is 0 Å². The number of amides is 1. The summed E-state index contributed by atoms with van der Waals surface area (Å²) in [6.45, 7) is 2.60. The summed E-state index contributed by atoms with van der Waals surface area (Å²) in [5, 5.41) is 0. The Bertz CT molecular complexity index is 484. The van der Waals surface area contributed by atoms with Gasteiger partial charge in [0.1, 0.15) is 5.82 Å². The molecule has 1 unspecified atom stereocenters. The van der Waals surface area contributed by atoms with Crippen LogP contribution in [0.4, 0.5) is 4.39 Å². The second-order valence-electron chi connectivity index (χ2n) is 5.52. The van der Waals surface area contributed by atoms with E-state index in [-0.39, 0.29) is 11.7 Å². The van der Waals surface area contributed by atoms with Crippen molar-refractivity contribution in [1.82, 2.24) is 9.80 Å². The first-order valence-corrected chi connectivity index (χ1v) is 6.89. The molecule has 1 atom stereocenters. The summed E-state index contributed by atoms with van der Waals surface area (Å²) in [5.74, 6) is 0.455. The van der Waals surface area contributed by atoms with Gasteiger partial charge in [-0.25, -0.2) is 4.39 Å². The molecule has 20 heavy (non-hydrogen) atoms. The van der Waals surface area contributed by atoms with E-state index in [0.717, 1.165) is 25.2 Å². The van der Waals surface area contributed by atoms with Gasteiger partial charge in [0.2, 0.25) is 5.91 Å². The Hall–Kier alpha value is -1.68. The number of rotatable bonds is 5. The molecule has 1 aromatic carbocycles. The SMILES string of the molecule is CN(C/C=C/c1ccc(F)cc1)CC1CC(=O)N(C)C1. The fourth-order valence-electron chi connectivity index (χ4n) is 2.54. The molecule has 0 aliphatic carbocycles. The van der Waals surface area contributed by atoms with Crippen molar-refractivity contribution in [2.24, 2.45) is 5.92 Å². The highest BCUT2D eigenvalue weighted by Crippen LogP contribution is 2.16. The van der Waals surface area contributed by atoms with Crippen LogP contribution in [0, 0.1) is 11.7 Å². The fraction of sp³-hybridized carbons (Fsp3) is 0.438. The lowest BCUT2D eigenvalue weighted by molar-refractivity contribution is -0.126. The Morgan fingerprint density at radius 3 is 2.70 bits per heavy atom. The molecule has 4 heteroatoms. The van der Waals surface area contributed by atoms with E-state index in [1.807, 2.05) is 13.1 Å². The van der Waals surface area contributed by atoms with Gasteiger partial charge in [-0.3, -0.25) is 4.79 Å². The molecule has 0 N–H and O–H groups in total. The van der Waals surface area contributed by atoms with Crippen LogP contribution in [0.15, 0.2) is 30.3 Å². The molecule has 2 rings (SSSR count). The van der Waals surface area contributed by atoms with E-state index in [1.165, 1.54) is 12.1 Å². The lowest BCUT2D eigenvalue weighted by Gasteiger charge is -2.18. The zero-order valence-corrected chi connectivity index (χ0v) is 12.1. The zero-order valence-electron chi connectivity index (χ0n) is 12.1. The van der Waals surface area contributed by atoms with Crippen molar-refractivity contribution in [2.75, 3.05) is 33.7 Å². The molecular formula is C16H21FN2O. The van der Waals surface area contributed by atoms with Crippen LogP contribution >= 0.6 is 0 Å². The predicted octanol–water partition coefficient (Wildman–Crippen LogP) is 2.25. The number of carbonyl (C=O) groups is 1. The van der Waals surface area contributed by atoms with Crippen molar-refractivity contribution in [2.45, 2.75) is 6.42 Å². The summed E-state index contributed by atoms with van der Waals surface area (Å²) in [6, 6.07) is 6.44. The molecule has 1 heterocycles. The maximum Gasteiger partial charge on any atom is 0.222 e. The molecule has 0 spiro atoms. The summed E-state index contributed by atoms with van der Waals surface area (Å²) < 4.78 is 12.8. The Balaban J connectivity index is 1.76. The van der Waals surface area contributed by atoms with Gasteiger partial charge in [0.05, 0.1) is 0 Å². The zero-order chi connectivity index (χ0) is 14.5. The molecule has 0 aromatic heterocycles. The van der Waals surface area contributed by atoms with Crippen LogP contribution in [-0.2, 0) is 4.79 Å². The van der Waals surface area contributed by atoms with Crippen molar-refractivity contribution in [3.8, 4) is 0 Å². The highest BCUT2D eigenvalue weighted by atomic mass is 19.1. The first-order valence-electron chi connectivity index (χ1n) is 6.89. The number of halogens is 1. The van der Waals surface area contributed by atoms with Crippen LogP contribution in [0.1, 0.15) is 12.0 Å². The molecule has 1 amide bonds. The van der Waals surface area contributed by atoms with E-state index in [1.54, 1.807) is 17.0 Å². The van der Waals surface area contributed by atoms with E-state index >= 15 is 0 Å².